The molecule has 0 aromatic heterocycles. The van der Waals surface area contributed by atoms with Crippen LogP contribution in [0.1, 0.15) is 78.1 Å². The van der Waals surface area contributed by atoms with Crippen LogP contribution in [0.25, 0.3) is 0 Å². The highest BCUT2D eigenvalue weighted by Gasteiger charge is 2.32. The van der Waals surface area contributed by atoms with Crippen LogP contribution in [-0.2, 0) is 9.59 Å². The predicted octanol–water partition coefficient (Wildman–Crippen LogP) is 4.67. The fourth-order valence-corrected chi connectivity index (χ4v) is 3.35. The number of carboxylic acid groups (broad SMARTS) is 1. The molecule has 0 aromatic carbocycles. The lowest BCUT2D eigenvalue weighted by Gasteiger charge is -2.20. The van der Waals surface area contributed by atoms with Gasteiger partial charge < -0.3 is 10.2 Å². The van der Waals surface area contributed by atoms with E-state index in [9.17, 15) is 14.7 Å². The Hall–Kier alpha value is -1.42. The first-order chi connectivity index (χ1) is 11.9. The number of aliphatic carboxylic acids is 1. The molecule has 2 N–H and O–H groups in total. The number of carbonyl (C=O) groups is 2. The number of aliphatic hydroxyl groups is 1. The summed E-state index contributed by atoms with van der Waals surface area (Å²) in [5.74, 6) is -0.266. The zero-order valence-corrected chi connectivity index (χ0v) is 15.7. The molecule has 0 aliphatic heterocycles. The number of rotatable bonds is 12. The van der Waals surface area contributed by atoms with Gasteiger partial charge in [-0.2, -0.15) is 0 Å². The minimum atomic E-state index is -0.794. The number of Topliss-reactive ketones (excluding diaryl/α,β-unsaturated/α-hetero) is 1. The van der Waals surface area contributed by atoms with E-state index in [-0.39, 0.29) is 18.3 Å². The SMILES string of the molecule is CCCCCC(C)(O)/C=C/C1CCC(=O)C1C/C=C\CCCC(=O)O. The Labute approximate surface area is 152 Å². The third kappa shape index (κ3) is 9.01. The Balaban J connectivity index is 2.47. The normalized spacial score (nSPS) is 23.6. The summed E-state index contributed by atoms with van der Waals surface area (Å²) < 4.78 is 0. The summed E-state index contributed by atoms with van der Waals surface area (Å²) in [6.07, 6.45) is 15.7. The molecule has 0 bridgehead atoms. The van der Waals surface area contributed by atoms with E-state index in [1.165, 1.54) is 0 Å². The van der Waals surface area contributed by atoms with Crippen LogP contribution in [0.4, 0.5) is 0 Å². The second-order valence-corrected chi connectivity index (χ2v) is 7.44. The number of allylic oxidation sites excluding steroid dienone is 3. The van der Waals surface area contributed by atoms with Crippen LogP contribution in [-0.4, -0.2) is 27.6 Å². The van der Waals surface area contributed by atoms with E-state index in [0.717, 1.165) is 38.5 Å². The molecule has 1 fully saturated rings. The third-order valence-electron chi connectivity index (χ3n) is 4.96. The first-order valence-corrected chi connectivity index (χ1v) is 9.67. The molecule has 0 amide bonds. The van der Waals surface area contributed by atoms with E-state index in [0.29, 0.717) is 25.0 Å². The zero-order valence-electron chi connectivity index (χ0n) is 15.7. The van der Waals surface area contributed by atoms with Crippen LogP contribution in [0.15, 0.2) is 24.3 Å². The van der Waals surface area contributed by atoms with Gasteiger partial charge in [-0.05, 0) is 44.9 Å². The van der Waals surface area contributed by atoms with E-state index in [4.69, 9.17) is 5.11 Å². The molecule has 0 saturated heterocycles. The maximum Gasteiger partial charge on any atom is 0.303 e. The van der Waals surface area contributed by atoms with Gasteiger partial charge >= 0.3 is 5.97 Å². The molecule has 0 heterocycles. The number of carbonyl (C=O) groups excluding carboxylic acids is 1. The van der Waals surface area contributed by atoms with Crippen molar-refractivity contribution in [3.63, 3.8) is 0 Å². The molecule has 0 radical (unpaired) electrons. The summed E-state index contributed by atoms with van der Waals surface area (Å²) in [6.45, 7) is 3.99. The number of carboxylic acids is 1. The smallest absolute Gasteiger partial charge is 0.303 e. The van der Waals surface area contributed by atoms with Crippen molar-refractivity contribution < 1.29 is 19.8 Å². The van der Waals surface area contributed by atoms with Gasteiger partial charge in [0.15, 0.2) is 0 Å². The minimum absolute atomic E-state index is 0.00147. The summed E-state index contributed by atoms with van der Waals surface area (Å²) in [5.41, 5.74) is -0.794. The summed E-state index contributed by atoms with van der Waals surface area (Å²) in [6, 6.07) is 0. The van der Waals surface area contributed by atoms with Crippen LogP contribution < -0.4 is 0 Å². The third-order valence-corrected chi connectivity index (χ3v) is 4.96. The van der Waals surface area contributed by atoms with E-state index in [2.05, 4.69) is 6.92 Å². The van der Waals surface area contributed by atoms with Gasteiger partial charge in [-0.25, -0.2) is 0 Å². The Kier molecular flexibility index (Phi) is 9.73. The number of ketones is 1. The molecular weight excluding hydrogens is 316 g/mol. The molecule has 1 saturated carbocycles. The second kappa shape index (κ2) is 11.2. The molecule has 142 valence electrons. The average Bonchev–Trinajstić information content (AvgIpc) is 2.89. The van der Waals surface area contributed by atoms with Gasteiger partial charge in [0.05, 0.1) is 5.60 Å². The van der Waals surface area contributed by atoms with Crippen LogP contribution in [0.2, 0.25) is 0 Å². The first kappa shape index (κ1) is 21.6. The molecule has 4 nitrogen and oxygen atoms in total. The summed E-state index contributed by atoms with van der Waals surface area (Å²) in [5, 5.41) is 19.0. The standard InChI is InChI=1S/C21H34O4/c1-3-4-9-15-21(2,25)16-14-17-12-13-19(22)18(17)10-7-5-6-8-11-20(23)24/h5,7,14,16-18,25H,3-4,6,8-13,15H2,1-2H3,(H,23,24)/b7-5-,16-14+. The molecule has 3 atom stereocenters. The topological polar surface area (TPSA) is 74.6 Å². The minimum Gasteiger partial charge on any atom is -0.481 e. The van der Waals surface area contributed by atoms with Crippen molar-refractivity contribution in [2.24, 2.45) is 11.8 Å². The maximum absolute atomic E-state index is 12.1. The Bertz CT molecular complexity index is 476. The van der Waals surface area contributed by atoms with Gasteiger partial charge in [-0.3, -0.25) is 9.59 Å². The highest BCUT2D eigenvalue weighted by Crippen LogP contribution is 2.33. The monoisotopic (exact) mass is 350 g/mol. The molecule has 0 spiro atoms. The van der Waals surface area contributed by atoms with Crippen molar-refractivity contribution in [2.75, 3.05) is 0 Å². The fourth-order valence-electron chi connectivity index (χ4n) is 3.35. The molecule has 1 aliphatic rings. The van der Waals surface area contributed by atoms with Crippen molar-refractivity contribution in [3.05, 3.63) is 24.3 Å². The highest BCUT2D eigenvalue weighted by molar-refractivity contribution is 5.83. The maximum atomic E-state index is 12.1. The average molecular weight is 350 g/mol. The lowest BCUT2D eigenvalue weighted by molar-refractivity contribution is -0.137. The first-order valence-electron chi connectivity index (χ1n) is 9.67. The Morgan fingerprint density at radius 2 is 2.04 bits per heavy atom. The summed E-state index contributed by atoms with van der Waals surface area (Å²) in [7, 11) is 0. The molecule has 0 aromatic rings. The van der Waals surface area contributed by atoms with Crippen LogP contribution in [0.5, 0.6) is 0 Å². The van der Waals surface area contributed by atoms with E-state index in [1.807, 2.05) is 31.2 Å². The molecule has 1 rings (SSSR count). The zero-order chi connectivity index (χ0) is 18.7. The van der Waals surface area contributed by atoms with Gasteiger partial charge in [-0.15, -0.1) is 0 Å². The van der Waals surface area contributed by atoms with Crippen molar-refractivity contribution in [1.29, 1.82) is 0 Å². The molecular formula is C21H34O4. The van der Waals surface area contributed by atoms with Gasteiger partial charge in [0.1, 0.15) is 5.78 Å². The van der Waals surface area contributed by atoms with Crippen LogP contribution >= 0.6 is 0 Å². The largest absolute Gasteiger partial charge is 0.481 e. The summed E-state index contributed by atoms with van der Waals surface area (Å²) >= 11 is 0. The quantitative estimate of drug-likeness (QED) is 0.396. The molecule has 4 heteroatoms. The van der Waals surface area contributed by atoms with Gasteiger partial charge in [0.2, 0.25) is 0 Å². The number of hydrogen-bond donors (Lipinski definition) is 2. The van der Waals surface area contributed by atoms with Crippen molar-refractivity contribution in [2.45, 2.75) is 83.7 Å². The van der Waals surface area contributed by atoms with Crippen LogP contribution in [0.3, 0.4) is 0 Å². The van der Waals surface area contributed by atoms with Crippen molar-refractivity contribution in [3.8, 4) is 0 Å². The van der Waals surface area contributed by atoms with Crippen LogP contribution in [0, 0.1) is 11.8 Å². The lowest BCUT2D eigenvalue weighted by atomic mass is 9.89. The summed E-state index contributed by atoms with van der Waals surface area (Å²) in [4.78, 5) is 22.6. The number of hydrogen-bond acceptors (Lipinski definition) is 3. The Morgan fingerprint density at radius 3 is 2.72 bits per heavy atom. The highest BCUT2D eigenvalue weighted by atomic mass is 16.4. The van der Waals surface area contributed by atoms with E-state index >= 15 is 0 Å². The second-order valence-electron chi connectivity index (χ2n) is 7.44. The lowest BCUT2D eigenvalue weighted by Crippen LogP contribution is -2.21. The van der Waals surface area contributed by atoms with Gasteiger partial charge in [0, 0.05) is 18.8 Å². The molecule has 3 unspecified atom stereocenters. The van der Waals surface area contributed by atoms with E-state index < -0.39 is 11.6 Å². The Morgan fingerprint density at radius 1 is 1.28 bits per heavy atom. The van der Waals surface area contributed by atoms with Crippen molar-refractivity contribution in [1.82, 2.24) is 0 Å². The fraction of sp³-hybridized carbons (Fsp3) is 0.714. The molecule has 25 heavy (non-hydrogen) atoms. The number of unbranched alkanes of at least 4 members (excludes halogenated alkanes) is 3. The van der Waals surface area contributed by atoms with E-state index in [1.54, 1.807) is 0 Å². The molecule has 1 aliphatic carbocycles. The van der Waals surface area contributed by atoms with Crippen molar-refractivity contribution >= 4 is 11.8 Å². The van der Waals surface area contributed by atoms with Gasteiger partial charge in [0.25, 0.3) is 0 Å². The van der Waals surface area contributed by atoms with Gasteiger partial charge in [-0.1, -0.05) is 50.5 Å². The predicted molar refractivity (Wildman–Crippen MR) is 100 cm³/mol.